The van der Waals surface area contributed by atoms with Crippen LogP contribution in [-0.2, 0) is 7.05 Å². The molecule has 0 aliphatic carbocycles. The molecule has 0 unspecified atom stereocenters. The van der Waals surface area contributed by atoms with E-state index in [1.54, 1.807) is 28.2 Å². The van der Waals surface area contributed by atoms with E-state index in [1.165, 1.54) is 0 Å². The summed E-state index contributed by atoms with van der Waals surface area (Å²) in [5.74, 6) is 0.748. The van der Waals surface area contributed by atoms with Crippen LogP contribution in [0.1, 0.15) is 0 Å². The number of rotatable bonds is 2. The van der Waals surface area contributed by atoms with Gasteiger partial charge in [0.15, 0.2) is 5.82 Å². The third-order valence-electron chi connectivity index (χ3n) is 1.35. The fourth-order valence-electron chi connectivity index (χ4n) is 0.783. The Morgan fingerprint density at radius 1 is 1.64 bits per heavy atom. The van der Waals surface area contributed by atoms with E-state index in [0.29, 0.717) is 5.82 Å². The monoisotopic (exact) mass is 194 g/mol. The zero-order valence-electron chi connectivity index (χ0n) is 8.55. The Labute approximate surface area is 82.8 Å². The van der Waals surface area contributed by atoms with Gasteiger partial charge in [0.2, 0.25) is 5.96 Å². The van der Waals surface area contributed by atoms with Gasteiger partial charge < -0.3 is 10.6 Å². The summed E-state index contributed by atoms with van der Waals surface area (Å²) in [7, 11) is 5.54. The van der Waals surface area contributed by atoms with Gasteiger partial charge in [-0.05, 0) is 0 Å². The Kier molecular flexibility index (Phi) is 3.22. The van der Waals surface area contributed by atoms with Crippen molar-refractivity contribution in [3.05, 3.63) is 12.3 Å². The molecule has 0 amide bonds. The molecule has 0 aliphatic rings. The van der Waals surface area contributed by atoms with Gasteiger partial charge >= 0.3 is 0 Å². The van der Waals surface area contributed by atoms with Gasteiger partial charge in [-0.25, -0.2) is 4.99 Å². The van der Waals surface area contributed by atoms with Gasteiger partial charge in [0.25, 0.3) is 0 Å². The Bertz CT molecular complexity index is 348. The van der Waals surface area contributed by atoms with Crippen molar-refractivity contribution in [2.24, 2.45) is 22.8 Å². The maximum Gasteiger partial charge on any atom is 0.223 e. The van der Waals surface area contributed by atoms with Gasteiger partial charge in [-0.15, -0.1) is 0 Å². The Balaban J connectivity index is 2.69. The molecule has 0 fully saturated rings. The van der Waals surface area contributed by atoms with Crippen LogP contribution in [0.3, 0.4) is 0 Å². The summed E-state index contributed by atoms with van der Waals surface area (Å²) in [4.78, 5) is 9.68. The zero-order valence-corrected chi connectivity index (χ0v) is 8.55. The molecule has 0 aromatic carbocycles. The van der Waals surface area contributed by atoms with Crippen molar-refractivity contribution in [2.75, 3.05) is 14.1 Å². The lowest BCUT2D eigenvalue weighted by Crippen LogP contribution is -2.14. The molecule has 6 heteroatoms. The molecule has 76 valence electrons. The van der Waals surface area contributed by atoms with Crippen molar-refractivity contribution in [1.29, 1.82) is 0 Å². The number of guanidine groups is 1. The zero-order chi connectivity index (χ0) is 10.6. The highest BCUT2D eigenvalue weighted by molar-refractivity contribution is 5.87. The van der Waals surface area contributed by atoms with Crippen molar-refractivity contribution in [1.82, 2.24) is 14.7 Å². The normalized spacial score (nSPS) is 12.4. The lowest BCUT2D eigenvalue weighted by molar-refractivity contribution is 0.644. The minimum Gasteiger partial charge on any atom is -0.369 e. The van der Waals surface area contributed by atoms with Crippen LogP contribution in [0.2, 0.25) is 0 Å². The lowest BCUT2D eigenvalue weighted by atomic mass is 10.6. The third kappa shape index (κ3) is 3.26. The van der Waals surface area contributed by atoms with Crippen LogP contribution in [0.25, 0.3) is 0 Å². The summed E-state index contributed by atoms with van der Waals surface area (Å²) in [5, 5.41) is 4.04. The highest BCUT2D eigenvalue weighted by Crippen LogP contribution is 2.05. The fourth-order valence-corrected chi connectivity index (χ4v) is 0.783. The average Bonchev–Trinajstić information content (AvgIpc) is 2.48. The van der Waals surface area contributed by atoms with Crippen LogP contribution in [0.4, 0.5) is 5.82 Å². The van der Waals surface area contributed by atoms with Crippen molar-refractivity contribution < 1.29 is 0 Å². The van der Waals surface area contributed by atoms with Crippen molar-refractivity contribution in [2.45, 2.75) is 0 Å². The molecule has 14 heavy (non-hydrogen) atoms. The summed E-state index contributed by atoms with van der Waals surface area (Å²) in [6.07, 6.45) is 3.38. The first-order valence-corrected chi connectivity index (χ1v) is 4.12. The van der Waals surface area contributed by atoms with E-state index < -0.39 is 0 Å². The molecule has 6 nitrogen and oxygen atoms in total. The summed E-state index contributed by atoms with van der Waals surface area (Å²) >= 11 is 0. The first-order valence-electron chi connectivity index (χ1n) is 4.12. The van der Waals surface area contributed by atoms with E-state index in [9.17, 15) is 0 Å². The topological polar surface area (TPSA) is 71.8 Å². The van der Waals surface area contributed by atoms with Gasteiger partial charge in [0.1, 0.15) is 0 Å². The molecular formula is C8H14N6. The number of hydrogen-bond acceptors (Lipinski definition) is 2. The Morgan fingerprint density at radius 2 is 2.36 bits per heavy atom. The molecule has 2 N–H and O–H groups in total. The smallest absolute Gasteiger partial charge is 0.223 e. The number of aryl methyl sites for hydroxylation is 1. The molecule has 0 aliphatic heterocycles. The molecule has 0 spiro atoms. The molecule has 0 atom stereocenters. The van der Waals surface area contributed by atoms with Crippen molar-refractivity contribution in [3.63, 3.8) is 0 Å². The summed E-state index contributed by atoms with van der Waals surface area (Å²) < 4.78 is 1.65. The number of aliphatic imine (C=N–C) groups is 2. The second kappa shape index (κ2) is 4.40. The van der Waals surface area contributed by atoms with Crippen LogP contribution >= 0.6 is 0 Å². The van der Waals surface area contributed by atoms with Crippen LogP contribution in [0, 0.1) is 0 Å². The highest BCUT2D eigenvalue weighted by atomic mass is 15.3. The minimum absolute atomic E-state index is 0.192. The largest absolute Gasteiger partial charge is 0.369 e. The Hall–Kier alpha value is -1.85. The predicted molar refractivity (Wildman–Crippen MR) is 56.7 cm³/mol. The van der Waals surface area contributed by atoms with Gasteiger partial charge in [-0.3, -0.25) is 4.68 Å². The molecule has 0 radical (unpaired) electrons. The predicted octanol–water partition coefficient (Wildman–Crippen LogP) is -0.0438. The highest BCUT2D eigenvalue weighted by Gasteiger charge is 1.94. The molecule has 0 saturated heterocycles. The van der Waals surface area contributed by atoms with Crippen molar-refractivity contribution >= 4 is 18.1 Å². The van der Waals surface area contributed by atoms with Crippen LogP contribution in [-0.4, -0.2) is 41.1 Å². The minimum atomic E-state index is 0.192. The number of hydrogen-bond donors (Lipinski definition) is 1. The van der Waals surface area contributed by atoms with Gasteiger partial charge in [0, 0.05) is 33.4 Å². The molecule has 0 saturated carbocycles. The quantitative estimate of drug-likeness (QED) is 0.530. The van der Waals surface area contributed by atoms with Gasteiger partial charge in [-0.2, -0.15) is 10.1 Å². The molecule has 1 heterocycles. The number of nitrogens with zero attached hydrogens (tertiary/aromatic N) is 5. The lowest BCUT2D eigenvalue weighted by Gasteiger charge is -2.00. The average molecular weight is 194 g/mol. The summed E-state index contributed by atoms with van der Waals surface area (Å²) in [6, 6.07) is 1.76. The molecule has 0 bridgehead atoms. The van der Waals surface area contributed by atoms with E-state index in [-0.39, 0.29) is 5.96 Å². The maximum absolute atomic E-state index is 5.54. The van der Waals surface area contributed by atoms with Crippen LogP contribution < -0.4 is 5.73 Å². The van der Waals surface area contributed by atoms with E-state index in [1.807, 2.05) is 21.1 Å². The first kappa shape index (κ1) is 10.2. The van der Waals surface area contributed by atoms with Crippen LogP contribution in [0.5, 0.6) is 0 Å². The standard InChI is InChI=1S/C8H14N6/c1-13(2)6-10-8(9)11-7-4-5-14(3)12-7/h4-6H,1-3H3,(H2,9,11,12). The SMILES string of the molecule is CN(C)C=NC(N)=Nc1ccn(C)n1. The van der Waals surface area contributed by atoms with Gasteiger partial charge in [-0.1, -0.05) is 0 Å². The maximum atomic E-state index is 5.54. The molecule has 1 aromatic heterocycles. The van der Waals surface area contributed by atoms with E-state index >= 15 is 0 Å². The summed E-state index contributed by atoms with van der Waals surface area (Å²) in [5.41, 5.74) is 5.54. The number of nitrogens with two attached hydrogens (primary N) is 1. The van der Waals surface area contributed by atoms with E-state index in [2.05, 4.69) is 15.1 Å². The second-order valence-corrected chi connectivity index (χ2v) is 3.03. The van der Waals surface area contributed by atoms with Crippen molar-refractivity contribution in [3.8, 4) is 0 Å². The third-order valence-corrected chi connectivity index (χ3v) is 1.35. The van der Waals surface area contributed by atoms with E-state index in [0.717, 1.165) is 0 Å². The first-order chi connectivity index (χ1) is 6.58. The Morgan fingerprint density at radius 3 is 2.86 bits per heavy atom. The fraction of sp³-hybridized carbons (Fsp3) is 0.375. The molecule has 1 aromatic rings. The molecule has 1 rings (SSSR count). The number of aromatic nitrogens is 2. The summed E-state index contributed by atoms with van der Waals surface area (Å²) in [6.45, 7) is 0. The van der Waals surface area contributed by atoms with E-state index in [4.69, 9.17) is 5.73 Å². The second-order valence-electron chi connectivity index (χ2n) is 3.03. The van der Waals surface area contributed by atoms with Gasteiger partial charge in [0.05, 0.1) is 6.34 Å². The van der Waals surface area contributed by atoms with Crippen LogP contribution in [0.15, 0.2) is 22.2 Å². The molecular weight excluding hydrogens is 180 g/mol.